The van der Waals surface area contributed by atoms with Crippen LogP contribution in [0.5, 0.6) is 5.75 Å². The van der Waals surface area contributed by atoms with Gasteiger partial charge in [0.1, 0.15) is 5.75 Å². The molecule has 2 rings (SSSR count). The fourth-order valence-corrected chi connectivity index (χ4v) is 2.33. The average molecular weight is 284 g/mol. The number of rotatable bonds is 3. The molecule has 2 amide bonds. The highest BCUT2D eigenvalue weighted by atomic mass is 35.5. The zero-order chi connectivity index (χ0) is 13.1. The van der Waals surface area contributed by atoms with Crippen LogP contribution in [0, 0.1) is 0 Å². The number of hydrogen-bond acceptors (Lipinski definition) is 4. The maximum absolute atomic E-state index is 11.4. The Kier molecular flexibility index (Phi) is 3.93. The van der Waals surface area contributed by atoms with E-state index in [0.717, 1.165) is 11.8 Å². The molecule has 0 atom stereocenters. The van der Waals surface area contributed by atoms with Crippen LogP contribution in [-0.2, 0) is 4.79 Å². The van der Waals surface area contributed by atoms with Crippen molar-refractivity contribution < 1.29 is 14.3 Å². The Labute approximate surface area is 113 Å². The van der Waals surface area contributed by atoms with E-state index in [-0.39, 0.29) is 5.24 Å². The van der Waals surface area contributed by atoms with E-state index in [0.29, 0.717) is 27.8 Å². The first kappa shape index (κ1) is 13.0. The summed E-state index contributed by atoms with van der Waals surface area (Å²) < 4.78 is 5.44. The summed E-state index contributed by atoms with van der Waals surface area (Å²) in [5, 5.41) is 2.37. The van der Waals surface area contributed by atoms with E-state index >= 15 is 0 Å². The summed E-state index contributed by atoms with van der Waals surface area (Å²) in [7, 11) is 0. The van der Waals surface area contributed by atoms with Crippen LogP contribution >= 0.6 is 23.4 Å². The van der Waals surface area contributed by atoms with Crippen molar-refractivity contribution in [3.05, 3.63) is 33.7 Å². The molecule has 94 valence electrons. The quantitative estimate of drug-likeness (QED) is 0.866. The van der Waals surface area contributed by atoms with Crippen LogP contribution in [0.15, 0.2) is 23.1 Å². The summed E-state index contributed by atoms with van der Waals surface area (Å²) in [4.78, 5) is 22.8. The number of benzene rings is 1. The number of carbonyl (C=O) groups excluding carboxylic acids is 2. The SMILES string of the molecule is CCOc1ccc(Cl)cc1/C=C1/SC(=O)NC1=O. The van der Waals surface area contributed by atoms with Gasteiger partial charge in [0.2, 0.25) is 0 Å². The molecule has 1 heterocycles. The maximum atomic E-state index is 11.4. The molecular weight excluding hydrogens is 274 g/mol. The predicted molar refractivity (Wildman–Crippen MR) is 71.7 cm³/mol. The molecule has 1 aliphatic heterocycles. The monoisotopic (exact) mass is 283 g/mol. The van der Waals surface area contributed by atoms with E-state index in [1.54, 1.807) is 24.3 Å². The lowest BCUT2D eigenvalue weighted by Gasteiger charge is -2.07. The van der Waals surface area contributed by atoms with Gasteiger partial charge in [0.25, 0.3) is 11.1 Å². The fraction of sp³-hybridized carbons (Fsp3) is 0.167. The van der Waals surface area contributed by atoms with Crippen LogP contribution in [-0.4, -0.2) is 17.8 Å². The Morgan fingerprint density at radius 2 is 2.22 bits per heavy atom. The lowest BCUT2D eigenvalue weighted by molar-refractivity contribution is -0.115. The van der Waals surface area contributed by atoms with Crippen molar-refractivity contribution in [1.82, 2.24) is 5.32 Å². The standard InChI is InChI=1S/C12H10ClNO3S/c1-2-17-9-4-3-8(13)5-7(9)6-10-11(15)14-12(16)18-10/h3-6H,2H2,1H3,(H,14,15,16)/b10-6+. The number of carbonyl (C=O) groups is 2. The van der Waals surface area contributed by atoms with Crippen molar-refractivity contribution in [2.45, 2.75) is 6.92 Å². The van der Waals surface area contributed by atoms with Gasteiger partial charge in [0.05, 0.1) is 11.5 Å². The normalized spacial score (nSPS) is 17.1. The summed E-state index contributed by atoms with van der Waals surface area (Å²) in [6, 6.07) is 5.13. The first-order valence-corrected chi connectivity index (χ1v) is 6.47. The second kappa shape index (κ2) is 5.46. The molecule has 0 radical (unpaired) electrons. The molecule has 0 saturated carbocycles. The van der Waals surface area contributed by atoms with Gasteiger partial charge >= 0.3 is 0 Å². The van der Waals surface area contributed by atoms with Crippen LogP contribution in [0.2, 0.25) is 5.02 Å². The van der Waals surface area contributed by atoms with Gasteiger partial charge in [-0.1, -0.05) is 11.6 Å². The van der Waals surface area contributed by atoms with Gasteiger partial charge < -0.3 is 4.74 Å². The summed E-state index contributed by atoms with van der Waals surface area (Å²) in [5.74, 6) is 0.231. The molecule has 0 spiro atoms. The minimum absolute atomic E-state index is 0.336. The number of thioether (sulfide) groups is 1. The van der Waals surface area contributed by atoms with Gasteiger partial charge in [0.15, 0.2) is 0 Å². The van der Waals surface area contributed by atoms with Crippen LogP contribution in [0.4, 0.5) is 4.79 Å². The molecule has 1 saturated heterocycles. The van der Waals surface area contributed by atoms with E-state index in [1.165, 1.54) is 0 Å². The Balaban J connectivity index is 2.38. The van der Waals surface area contributed by atoms with Gasteiger partial charge in [-0.2, -0.15) is 0 Å². The predicted octanol–water partition coefficient (Wildman–Crippen LogP) is 3.06. The van der Waals surface area contributed by atoms with Gasteiger partial charge in [-0.15, -0.1) is 0 Å². The van der Waals surface area contributed by atoms with Crippen LogP contribution in [0.25, 0.3) is 6.08 Å². The number of halogens is 1. The zero-order valence-electron chi connectivity index (χ0n) is 9.53. The number of ether oxygens (including phenoxy) is 1. The molecule has 1 fully saturated rings. The average Bonchev–Trinajstić information content (AvgIpc) is 2.61. The van der Waals surface area contributed by atoms with Gasteiger partial charge in [-0.3, -0.25) is 14.9 Å². The molecule has 18 heavy (non-hydrogen) atoms. The third-order valence-electron chi connectivity index (χ3n) is 2.20. The molecule has 0 unspecified atom stereocenters. The van der Waals surface area contributed by atoms with E-state index < -0.39 is 5.91 Å². The van der Waals surface area contributed by atoms with Crippen molar-refractivity contribution in [3.63, 3.8) is 0 Å². The maximum Gasteiger partial charge on any atom is 0.290 e. The molecule has 4 nitrogen and oxygen atoms in total. The van der Waals surface area contributed by atoms with Gasteiger partial charge in [0, 0.05) is 10.6 Å². The molecule has 1 aliphatic rings. The molecule has 6 heteroatoms. The first-order valence-electron chi connectivity index (χ1n) is 5.27. The fourth-order valence-electron chi connectivity index (χ4n) is 1.48. The highest BCUT2D eigenvalue weighted by Crippen LogP contribution is 2.30. The number of nitrogens with one attached hydrogen (secondary N) is 1. The molecule has 1 N–H and O–H groups in total. The zero-order valence-corrected chi connectivity index (χ0v) is 11.1. The largest absolute Gasteiger partial charge is 0.493 e. The third kappa shape index (κ3) is 2.86. The van der Waals surface area contributed by atoms with E-state index in [4.69, 9.17) is 16.3 Å². The number of imide groups is 1. The summed E-state index contributed by atoms with van der Waals surface area (Å²) >= 11 is 6.77. The van der Waals surface area contributed by atoms with E-state index in [2.05, 4.69) is 5.32 Å². The summed E-state index contributed by atoms with van der Waals surface area (Å²) in [5.41, 5.74) is 0.678. The summed E-state index contributed by atoms with van der Waals surface area (Å²) in [6.45, 7) is 2.38. The lowest BCUT2D eigenvalue weighted by atomic mass is 10.2. The Bertz CT molecular complexity index is 542. The molecule has 0 bridgehead atoms. The highest BCUT2D eigenvalue weighted by molar-refractivity contribution is 8.18. The second-order valence-electron chi connectivity index (χ2n) is 3.47. The van der Waals surface area contributed by atoms with Crippen molar-refractivity contribution in [2.75, 3.05) is 6.61 Å². The van der Waals surface area contributed by atoms with E-state index in [9.17, 15) is 9.59 Å². The van der Waals surface area contributed by atoms with Crippen molar-refractivity contribution >= 4 is 40.6 Å². The number of amides is 2. The summed E-state index contributed by atoms with van der Waals surface area (Å²) in [6.07, 6.45) is 1.60. The van der Waals surface area contributed by atoms with Crippen molar-refractivity contribution in [2.24, 2.45) is 0 Å². The van der Waals surface area contributed by atoms with Crippen LogP contribution in [0.3, 0.4) is 0 Å². The Morgan fingerprint density at radius 1 is 1.44 bits per heavy atom. The minimum Gasteiger partial charge on any atom is -0.493 e. The van der Waals surface area contributed by atoms with Crippen LogP contribution in [0.1, 0.15) is 12.5 Å². The highest BCUT2D eigenvalue weighted by Gasteiger charge is 2.25. The number of hydrogen-bond donors (Lipinski definition) is 1. The molecule has 0 aromatic heterocycles. The van der Waals surface area contributed by atoms with Crippen molar-refractivity contribution in [1.29, 1.82) is 0 Å². The molecule has 0 aliphatic carbocycles. The third-order valence-corrected chi connectivity index (χ3v) is 3.25. The molecule has 1 aromatic carbocycles. The van der Waals surface area contributed by atoms with E-state index in [1.807, 2.05) is 6.92 Å². The molecule has 1 aromatic rings. The topological polar surface area (TPSA) is 55.4 Å². The van der Waals surface area contributed by atoms with Gasteiger partial charge in [-0.05, 0) is 43.0 Å². The van der Waals surface area contributed by atoms with Crippen LogP contribution < -0.4 is 10.1 Å². The van der Waals surface area contributed by atoms with Crippen molar-refractivity contribution in [3.8, 4) is 5.75 Å². The lowest BCUT2D eigenvalue weighted by Crippen LogP contribution is -2.17. The minimum atomic E-state index is -0.396. The Hall–Kier alpha value is -1.46. The van der Waals surface area contributed by atoms with Gasteiger partial charge in [-0.25, -0.2) is 0 Å². The molecular formula is C12H10ClNO3S. The second-order valence-corrected chi connectivity index (χ2v) is 4.92. The Morgan fingerprint density at radius 3 is 2.83 bits per heavy atom. The smallest absolute Gasteiger partial charge is 0.290 e. The first-order chi connectivity index (χ1) is 8.60.